The first-order valence-corrected chi connectivity index (χ1v) is 8.88. The molecule has 0 spiro atoms. The Labute approximate surface area is 141 Å². The second-order valence-corrected chi connectivity index (χ2v) is 7.76. The van der Waals surface area contributed by atoms with E-state index in [1.807, 2.05) is 0 Å². The molecule has 0 unspecified atom stereocenters. The maximum Gasteiger partial charge on any atom is 0.251 e. The molecule has 7 nitrogen and oxygen atoms in total. The molecule has 0 saturated heterocycles. The lowest BCUT2D eigenvalue weighted by Crippen LogP contribution is -2.27. The summed E-state index contributed by atoms with van der Waals surface area (Å²) in [6, 6.07) is 4.63. The molecule has 1 N–H and O–H groups in total. The van der Waals surface area contributed by atoms with Crippen LogP contribution in [0.1, 0.15) is 27.6 Å². The molecule has 2 aromatic rings. The van der Waals surface area contributed by atoms with Crippen LogP contribution in [0, 0.1) is 13.8 Å². The number of oxazole rings is 1. The minimum Gasteiger partial charge on any atom is -0.446 e. The maximum absolute atomic E-state index is 12.3. The number of hydrogen-bond donors (Lipinski definition) is 1. The fourth-order valence-corrected chi connectivity index (χ4v) is 3.26. The Balaban J connectivity index is 2.10. The van der Waals surface area contributed by atoms with Crippen molar-refractivity contribution >= 4 is 15.9 Å². The van der Waals surface area contributed by atoms with Crippen molar-refractivity contribution in [1.82, 2.24) is 14.6 Å². The first-order valence-electron chi connectivity index (χ1n) is 7.44. The van der Waals surface area contributed by atoms with Gasteiger partial charge in [0.05, 0.1) is 11.1 Å². The predicted molar refractivity (Wildman–Crippen MR) is 89.3 cm³/mol. The number of carbonyl (C=O) groups is 1. The molecule has 130 valence electrons. The number of aryl methyl sites for hydroxylation is 2. The molecule has 1 heterocycles. The van der Waals surface area contributed by atoms with E-state index in [-0.39, 0.29) is 10.8 Å². The van der Waals surface area contributed by atoms with Crippen LogP contribution in [0.25, 0.3) is 0 Å². The quantitative estimate of drug-likeness (QED) is 0.852. The van der Waals surface area contributed by atoms with Gasteiger partial charge < -0.3 is 9.73 Å². The summed E-state index contributed by atoms with van der Waals surface area (Å²) in [6.07, 6.45) is 2.09. The molecule has 0 fully saturated rings. The first kappa shape index (κ1) is 18.2. The summed E-state index contributed by atoms with van der Waals surface area (Å²) in [5.41, 5.74) is 0.889. The molecular weight excluding hydrogens is 330 g/mol. The van der Waals surface area contributed by atoms with Crippen LogP contribution >= 0.6 is 0 Å². The molecule has 1 aromatic heterocycles. The fraction of sp³-hybridized carbons (Fsp3) is 0.375. The van der Waals surface area contributed by atoms with Gasteiger partial charge in [0.15, 0.2) is 5.89 Å². The molecule has 24 heavy (non-hydrogen) atoms. The van der Waals surface area contributed by atoms with Crippen LogP contribution < -0.4 is 5.32 Å². The number of benzene rings is 1. The van der Waals surface area contributed by atoms with Gasteiger partial charge in [-0.15, -0.1) is 0 Å². The van der Waals surface area contributed by atoms with Gasteiger partial charge >= 0.3 is 0 Å². The van der Waals surface area contributed by atoms with Crippen LogP contribution in [0.2, 0.25) is 0 Å². The minimum absolute atomic E-state index is 0.128. The van der Waals surface area contributed by atoms with Crippen molar-refractivity contribution in [2.45, 2.75) is 25.2 Å². The Morgan fingerprint density at radius 3 is 2.58 bits per heavy atom. The molecular formula is C16H21N3O4S. The number of nitrogens with one attached hydrogen (secondary N) is 1. The zero-order chi connectivity index (χ0) is 17.9. The molecule has 8 heteroatoms. The van der Waals surface area contributed by atoms with Crippen molar-refractivity contribution in [2.24, 2.45) is 0 Å². The first-order chi connectivity index (χ1) is 11.2. The summed E-state index contributed by atoms with van der Waals surface area (Å²) < 4.78 is 31.1. The highest BCUT2D eigenvalue weighted by atomic mass is 32.2. The van der Waals surface area contributed by atoms with E-state index in [2.05, 4.69) is 10.3 Å². The predicted octanol–water partition coefficient (Wildman–Crippen LogP) is 1.51. The number of sulfonamides is 1. The van der Waals surface area contributed by atoms with Gasteiger partial charge in [-0.1, -0.05) is 6.07 Å². The van der Waals surface area contributed by atoms with E-state index >= 15 is 0 Å². The number of rotatable bonds is 6. The SMILES string of the molecule is Cc1cnc(CCNC(=O)c2ccc(C)c(S(=O)(=O)N(C)C)c2)o1. The normalized spacial score (nSPS) is 11.7. The summed E-state index contributed by atoms with van der Waals surface area (Å²) in [6.45, 7) is 3.85. The van der Waals surface area contributed by atoms with Gasteiger partial charge in [0, 0.05) is 32.6 Å². The number of nitrogens with zero attached hydrogens (tertiary/aromatic N) is 2. The number of carbonyl (C=O) groups excluding carboxylic acids is 1. The van der Waals surface area contributed by atoms with Crippen LogP contribution in [-0.4, -0.2) is 44.3 Å². The standard InChI is InChI=1S/C16H21N3O4S/c1-11-5-6-13(9-14(11)24(21,22)19(3)4)16(20)17-8-7-15-18-10-12(2)23-15/h5-6,9-10H,7-8H2,1-4H3,(H,17,20). The largest absolute Gasteiger partial charge is 0.446 e. The maximum atomic E-state index is 12.3. The molecule has 0 aliphatic carbocycles. The third-order valence-corrected chi connectivity index (χ3v) is 5.46. The third-order valence-electron chi connectivity index (χ3n) is 3.50. The van der Waals surface area contributed by atoms with Gasteiger partial charge in [-0.05, 0) is 31.5 Å². The topological polar surface area (TPSA) is 92.5 Å². The van der Waals surface area contributed by atoms with E-state index in [9.17, 15) is 13.2 Å². The van der Waals surface area contributed by atoms with Crippen molar-refractivity contribution in [3.63, 3.8) is 0 Å². The second kappa shape index (κ2) is 7.14. The summed E-state index contributed by atoms with van der Waals surface area (Å²) in [5.74, 6) is 0.925. The molecule has 1 aromatic carbocycles. The van der Waals surface area contributed by atoms with E-state index < -0.39 is 10.0 Å². The summed E-state index contributed by atoms with van der Waals surface area (Å²) in [4.78, 5) is 16.4. The van der Waals surface area contributed by atoms with E-state index in [1.165, 1.54) is 20.2 Å². The number of amides is 1. The van der Waals surface area contributed by atoms with Gasteiger partial charge in [-0.3, -0.25) is 4.79 Å². The lowest BCUT2D eigenvalue weighted by molar-refractivity contribution is 0.0953. The zero-order valence-electron chi connectivity index (χ0n) is 14.2. The van der Waals surface area contributed by atoms with Gasteiger partial charge in [0.2, 0.25) is 10.0 Å². The molecule has 0 radical (unpaired) electrons. The Bertz CT molecular complexity index is 841. The average Bonchev–Trinajstić information content (AvgIpc) is 2.92. The second-order valence-electron chi connectivity index (χ2n) is 5.64. The summed E-state index contributed by atoms with van der Waals surface area (Å²) in [7, 11) is -0.680. The highest BCUT2D eigenvalue weighted by Crippen LogP contribution is 2.19. The highest BCUT2D eigenvalue weighted by Gasteiger charge is 2.21. The van der Waals surface area contributed by atoms with Gasteiger partial charge in [-0.25, -0.2) is 17.7 Å². The lowest BCUT2D eigenvalue weighted by atomic mass is 10.1. The van der Waals surface area contributed by atoms with Crippen LogP contribution in [0.15, 0.2) is 33.7 Å². The molecule has 0 bridgehead atoms. The lowest BCUT2D eigenvalue weighted by Gasteiger charge is -2.14. The Morgan fingerprint density at radius 1 is 1.29 bits per heavy atom. The van der Waals surface area contributed by atoms with Crippen molar-refractivity contribution in [3.8, 4) is 0 Å². The fourth-order valence-electron chi connectivity index (χ4n) is 2.12. The molecule has 2 rings (SSSR count). The van der Waals surface area contributed by atoms with E-state index in [1.54, 1.807) is 32.2 Å². The molecule has 0 aliphatic heterocycles. The van der Waals surface area contributed by atoms with Crippen molar-refractivity contribution in [1.29, 1.82) is 0 Å². The molecule has 0 aliphatic rings. The van der Waals surface area contributed by atoms with Crippen LogP contribution in [0.5, 0.6) is 0 Å². The van der Waals surface area contributed by atoms with Gasteiger partial charge in [-0.2, -0.15) is 0 Å². The smallest absolute Gasteiger partial charge is 0.251 e. The third kappa shape index (κ3) is 4.01. The Kier molecular flexibility index (Phi) is 5.40. The number of aromatic nitrogens is 1. The van der Waals surface area contributed by atoms with Crippen molar-refractivity contribution < 1.29 is 17.6 Å². The van der Waals surface area contributed by atoms with Gasteiger partial charge in [0.25, 0.3) is 5.91 Å². The summed E-state index contributed by atoms with van der Waals surface area (Å²) >= 11 is 0. The van der Waals surface area contributed by atoms with E-state index in [4.69, 9.17) is 4.42 Å². The molecule has 1 amide bonds. The minimum atomic E-state index is -3.60. The Morgan fingerprint density at radius 2 is 2.00 bits per heavy atom. The number of hydrogen-bond acceptors (Lipinski definition) is 5. The monoisotopic (exact) mass is 351 g/mol. The highest BCUT2D eigenvalue weighted by molar-refractivity contribution is 7.89. The summed E-state index contributed by atoms with van der Waals surface area (Å²) in [5, 5.41) is 2.74. The van der Waals surface area contributed by atoms with Crippen molar-refractivity contribution in [2.75, 3.05) is 20.6 Å². The van der Waals surface area contributed by atoms with Crippen molar-refractivity contribution in [3.05, 3.63) is 47.2 Å². The average molecular weight is 351 g/mol. The van der Waals surface area contributed by atoms with Gasteiger partial charge in [0.1, 0.15) is 5.76 Å². The van der Waals surface area contributed by atoms with E-state index in [0.29, 0.717) is 35.7 Å². The zero-order valence-corrected chi connectivity index (χ0v) is 15.0. The van der Waals surface area contributed by atoms with Crippen LogP contribution in [-0.2, 0) is 16.4 Å². The van der Waals surface area contributed by atoms with Crippen LogP contribution in [0.4, 0.5) is 0 Å². The molecule has 0 saturated carbocycles. The molecule has 0 atom stereocenters. The van der Waals surface area contributed by atoms with Crippen LogP contribution in [0.3, 0.4) is 0 Å². The van der Waals surface area contributed by atoms with E-state index in [0.717, 1.165) is 4.31 Å². The Hall–Kier alpha value is -2.19.